The van der Waals surface area contributed by atoms with Crippen molar-refractivity contribution in [3.63, 3.8) is 0 Å². The molecule has 20 heavy (non-hydrogen) atoms. The standard InChI is InChI=1S/C14H9Cl2NO3/c15-10-6-7-11(12(8-10)17(19)20)14(18)13(16)9-4-2-1-3-5-9/h1-8,13H. The van der Waals surface area contributed by atoms with Gasteiger partial charge in [-0.05, 0) is 17.7 Å². The summed E-state index contributed by atoms with van der Waals surface area (Å²) in [5, 5.41) is 10.2. The largest absolute Gasteiger partial charge is 0.292 e. The van der Waals surface area contributed by atoms with Crippen LogP contribution >= 0.6 is 23.2 Å². The molecular formula is C14H9Cl2NO3. The number of alkyl halides is 1. The van der Waals surface area contributed by atoms with Gasteiger partial charge in [0.15, 0.2) is 5.78 Å². The zero-order valence-corrected chi connectivity index (χ0v) is 11.6. The topological polar surface area (TPSA) is 60.2 Å². The van der Waals surface area contributed by atoms with Gasteiger partial charge in [0.05, 0.1) is 10.5 Å². The summed E-state index contributed by atoms with van der Waals surface area (Å²) in [5.74, 6) is -0.527. The first-order valence-corrected chi connectivity index (χ1v) is 6.49. The van der Waals surface area contributed by atoms with Gasteiger partial charge < -0.3 is 0 Å². The van der Waals surface area contributed by atoms with Gasteiger partial charge in [-0.3, -0.25) is 14.9 Å². The maximum absolute atomic E-state index is 12.3. The smallest absolute Gasteiger partial charge is 0.281 e. The van der Waals surface area contributed by atoms with Crippen LogP contribution in [0.2, 0.25) is 5.02 Å². The summed E-state index contributed by atoms with van der Waals surface area (Å²) >= 11 is 11.8. The second-order valence-electron chi connectivity index (χ2n) is 4.06. The molecule has 0 fully saturated rings. The minimum absolute atomic E-state index is 0.0525. The van der Waals surface area contributed by atoms with E-state index in [9.17, 15) is 14.9 Å². The number of rotatable bonds is 4. The summed E-state index contributed by atoms with van der Waals surface area (Å²) in [5.41, 5.74) is 0.191. The van der Waals surface area contributed by atoms with Crippen molar-refractivity contribution in [3.05, 3.63) is 74.8 Å². The summed E-state index contributed by atoms with van der Waals surface area (Å²) in [6.07, 6.45) is 0. The first-order chi connectivity index (χ1) is 9.50. The van der Waals surface area contributed by atoms with E-state index in [2.05, 4.69) is 0 Å². The lowest BCUT2D eigenvalue weighted by molar-refractivity contribution is -0.385. The number of benzene rings is 2. The van der Waals surface area contributed by atoms with Gasteiger partial charge in [-0.1, -0.05) is 41.9 Å². The number of nitrogens with zero attached hydrogens (tertiary/aromatic N) is 1. The predicted octanol–water partition coefficient (Wildman–Crippen LogP) is 4.41. The molecule has 0 heterocycles. The van der Waals surface area contributed by atoms with Gasteiger partial charge in [0.2, 0.25) is 0 Å². The summed E-state index contributed by atoms with van der Waals surface area (Å²) in [6, 6.07) is 12.6. The zero-order chi connectivity index (χ0) is 14.7. The van der Waals surface area contributed by atoms with Crippen molar-refractivity contribution in [2.75, 3.05) is 0 Å². The highest BCUT2D eigenvalue weighted by Crippen LogP contribution is 2.30. The first kappa shape index (κ1) is 14.5. The fourth-order valence-corrected chi connectivity index (χ4v) is 2.20. The molecule has 2 rings (SSSR count). The van der Waals surface area contributed by atoms with Crippen LogP contribution in [0.15, 0.2) is 48.5 Å². The Morgan fingerprint density at radius 1 is 1.15 bits per heavy atom. The minimum atomic E-state index is -0.976. The number of carbonyl (C=O) groups excluding carboxylic acids is 1. The maximum atomic E-state index is 12.3. The third kappa shape index (κ3) is 2.98. The molecular weight excluding hydrogens is 301 g/mol. The second-order valence-corrected chi connectivity index (χ2v) is 4.93. The Kier molecular flexibility index (Phi) is 4.37. The molecule has 4 nitrogen and oxygen atoms in total. The van der Waals surface area contributed by atoms with Crippen molar-refractivity contribution in [3.8, 4) is 0 Å². The molecule has 0 aliphatic rings. The Morgan fingerprint density at radius 2 is 1.80 bits per heavy atom. The SMILES string of the molecule is O=C(c1ccc(Cl)cc1[N+](=O)[O-])C(Cl)c1ccccc1. The normalized spacial score (nSPS) is 11.9. The van der Waals surface area contributed by atoms with E-state index in [1.54, 1.807) is 30.3 Å². The molecule has 1 unspecified atom stereocenters. The van der Waals surface area contributed by atoms with Crippen molar-refractivity contribution in [2.45, 2.75) is 5.38 Å². The molecule has 1 atom stereocenters. The molecule has 2 aromatic rings. The number of ketones is 1. The van der Waals surface area contributed by atoms with Crippen LogP contribution in [0, 0.1) is 10.1 Å². The Labute approximate surface area is 125 Å². The molecule has 0 bridgehead atoms. The van der Waals surface area contributed by atoms with Crippen LogP contribution in [0.1, 0.15) is 21.3 Å². The van der Waals surface area contributed by atoms with Crippen molar-refractivity contribution in [1.29, 1.82) is 0 Å². The van der Waals surface area contributed by atoms with Gasteiger partial charge in [0.25, 0.3) is 5.69 Å². The molecule has 0 saturated heterocycles. The van der Waals surface area contributed by atoms with Crippen molar-refractivity contribution >= 4 is 34.7 Å². The highest BCUT2D eigenvalue weighted by molar-refractivity contribution is 6.35. The number of nitro groups is 1. The maximum Gasteiger partial charge on any atom is 0.281 e. The van der Waals surface area contributed by atoms with Crippen molar-refractivity contribution < 1.29 is 9.72 Å². The molecule has 0 N–H and O–H groups in total. The molecule has 0 radical (unpaired) electrons. The number of hydrogen-bond donors (Lipinski definition) is 0. The highest BCUT2D eigenvalue weighted by Gasteiger charge is 2.26. The van der Waals surface area contributed by atoms with Crippen molar-refractivity contribution in [1.82, 2.24) is 0 Å². The lowest BCUT2D eigenvalue weighted by Gasteiger charge is -2.09. The number of carbonyl (C=O) groups is 1. The van der Waals surface area contributed by atoms with Gasteiger partial charge >= 0.3 is 0 Å². The van der Waals surface area contributed by atoms with Crippen LogP contribution in [0.3, 0.4) is 0 Å². The number of Topliss-reactive ketones (excluding diaryl/α,β-unsaturated/α-hetero) is 1. The fraction of sp³-hybridized carbons (Fsp3) is 0.0714. The van der Waals surface area contributed by atoms with E-state index in [-0.39, 0.29) is 16.3 Å². The van der Waals surface area contributed by atoms with Gasteiger partial charge in [0, 0.05) is 11.1 Å². The highest BCUT2D eigenvalue weighted by atomic mass is 35.5. The molecule has 6 heteroatoms. The molecule has 0 aromatic heterocycles. The Hall–Kier alpha value is -1.91. The van der Waals surface area contributed by atoms with E-state index >= 15 is 0 Å². The molecule has 102 valence electrons. The monoisotopic (exact) mass is 309 g/mol. The van der Waals surface area contributed by atoms with E-state index in [4.69, 9.17) is 23.2 Å². The second kappa shape index (κ2) is 6.03. The van der Waals surface area contributed by atoms with Gasteiger partial charge in [-0.2, -0.15) is 0 Å². The molecule has 0 aliphatic heterocycles. The van der Waals surface area contributed by atoms with E-state index in [1.165, 1.54) is 12.1 Å². The third-order valence-electron chi connectivity index (χ3n) is 2.74. The van der Waals surface area contributed by atoms with Crippen LogP contribution in [0.25, 0.3) is 0 Å². The third-order valence-corrected chi connectivity index (χ3v) is 3.43. The summed E-state index contributed by atoms with van der Waals surface area (Å²) in [7, 11) is 0. The minimum Gasteiger partial charge on any atom is -0.292 e. The number of halogens is 2. The van der Waals surface area contributed by atoms with Crippen LogP contribution in [-0.4, -0.2) is 10.7 Å². The zero-order valence-electron chi connectivity index (χ0n) is 10.1. The Morgan fingerprint density at radius 3 is 2.40 bits per heavy atom. The number of nitro benzene ring substituents is 1. The quantitative estimate of drug-likeness (QED) is 0.364. The summed E-state index contributed by atoms with van der Waals surface area (Å²) in [6.45, 7) is 0. The fourth-order valence-electron chi connectivity index (χ4n) is 1.77. The van der Waals surface area contributed by atoms with Crippen molar-refractivity contribution in [2.24, 2.45) is 0 Å². The molecule has 0 amide bonds. The van der Waals surface area contributed by atoms with Crippen LogP contribution in [0.5, 0.6) is 0 Å². The van der Waals surface area contributed by atoms with Crippen LogP contribution in [0.4, 0.5) is 5.69 Å². The molecule has 0 spiro atoms. The lowest BCUT2D eigenvalue weighted by Crippen LogP contribution is -2.10. The predicted molar refractivity (Wildman–Crippen MR) is 77.5 cm³/mol. The molecule has 0 aliphatic carbocycles. The van der Waals surface area contributed by atoms with Crippen LogP contribution in [-0.2, 0) is 0 Å². The lowest BCUT2D eigenvalue weighted by atomic mass is 10.0. The Bertz CT molecular complexity index is 659. The van der Waals surface area contributed by atoms with E-state index in [0.717, 1.165) is 6.07 Å². The summed E-state index contributed by atoms with van der Waals surface area (Å²) in [4.78, 5) is 22.6. The van der Waals surface area contributed by atoms with E-state index in [1.807, 2.05) is 0 Å². The van der Waals surface area contributed by atoms with Gasteiger partial charge in [-0.25, -0.2) is 0 Å². The molecule has 2 aromatic carbocycles. The van der Waals surface area contributed by atoms with Gasteiger partial charge in [-0.15, -0.1) is 11.6 Å². The average Bonchev–Trinajstić information content (AvgIpc) is 2.46. The average molecular weight is 310 g/mol. The first-order valence-electron chi connectivity index (χ1n) is 5.68. The summed E-state index contributed by atoms with van der Waals surface area (Å²) < 4.78 is 0. The van der Waals surface area contributed by atoms with E-state index < -0.39 is 16.1 Å². The number of hydrogen-bond acceptors (Lipinski definition) is 3. The van der Waals surface area contributed by atoms with Crippen LogP contribution < -0.4 is 0 Å². The van der Waals surface area contributed by atoms with E-state index in [0.29, 0.717) is 5.56 Å². The van der Waals surface area contributed by atoms with Gasteiger partial charge in [0.1, 0.15) is 5.38 Å². The molecule has 0 saturated carbocycles. The Balaban J connectivity index is 2.41.